The summed E-state index contributed by atoms with van der Waals surface area (Å²) in [4.78, 5) is 0. The molecule has 0 aliphatic carbocycles. The van der Waals surface area contributed by atoms with Crippen LogP contribution in [0.3, 0.4) is 0 Å². The molecule has 2 aromatic rings. The zero-order valence-electron chi connectivity index (χ0n) is 10.3. The lowest BCUT2D eigenvalue weighted by Gasteiger charge is -2.18. The van der Waals surface area contributed by atoms with Crippen LogP contribution in [0.2, 0.25) is 10.0 Å². The van der Waals surface area contributed by atoms with E-state index in [1.807, 2.05) is 0 Å². The van der Waals surface area contributed by atoms with Crippen LogP contribution in [-0.4, -0.2) is 0 Å². The molecule has 3 N–H and O–H groups in total. The van der Waals surface area contributed by atoms with E-state index in [-0.39, 0.29) is 12.0 Å². The first-order chi connectivity index (χ1) is 9.54. The molecule has 2 rings (SSSR count). The first-order valence-corrected chi connectivity index (χ1v) is 6.63. The second-order valence-electron chi connectivity index (χ2n) is 4.28. The van der Waals surface area contributed by atoms with Crippen molar-refractivity contribution in [3.63, 3.8) is 0 Å². The minimum Gasteiger partial charge on any atom is -0.271 e. The summed E-state index contributed by atoms with van der Waals surface area (Å²) in [6.07, 6.45) is 0.153. The largest absolute Gasteiger partial charge is 0.271 e. The summed E-state index contributed by atoms with van der Waals surface area (Å²) in [6, 6.07) is 8.63. The fraction of sp³-hybridized carbons (Fsp3) is 0.143. The highest BCUT2D eigenvalue weighted by Crippen LogP contribution is 2.31. The van der Waals surface area contributed by atoms with Gasteiger partial charge >= 0.3 is 0 Å². The summed E-state index contributed by atoms with van der Waals surface area (Å²) in [6.45, 7) is 0. The molecular weight excluding hydrogens is 305 g/mol. The fourth-order valence-electron chi connectivity index (χ4n) is 1.97. The molecule has 0 saturated heterocycles. The Bertz CT molecular complexity index is 620. The van der Waals surface area contributed by atoms with Gasteiger partial charge in [0, 0.05) is 0 Å². The van der Waals surface area contributed by atoms with Crippen LogP contribution in [0.25, 0.3) is 0 Å². The Morgan fingerprint density at radius 3 is 2.50 bits per heavy atom. The van der Waals surface area contributed by atoms with Crippen molar-refractivity contribution >= 4 is 23.2 Å². The van der Waals surface area contributed by atoms with Crippen LogP contribution in [-0.2, 0) is 6.42 Å². The zero-order valence-corrected chi connectivity index (χ0v) is 11.8. The maximum absolute atomic E-state index is 13.7. The Balaban J connectivity index is 2.34. The first kappa shape index (κ1) is 15.2. The molecule has 0 bridgehead atoms. The molecule has 6 heteroatoms. The quantitative estimate of drug-likeness (QED) is 0.660. The summed E-state index contributed by atoms with van der Waals surface area (Å²) < 4.78 is 26.9. The van der Waals surface area contributed by atoms with Crippen LogP contribution in [0, 0.1) is 11.6 Å². The van der Waals surface area contributed by atoms with E-state index < -0.39 is 17.7 Å². The Hall–Kier alpha value is -1.20. The molecule has 1 unspecified atom stereocenters. The summed E-state index contributed by atoms with van der Waals surface area (Å²) in [5.41, 5.74) is 3.39. The molecule has 106 valence electrons. The number of hydrogen-bond donors (Lipinski definition) is 2. The average Bonchev–Trinajstić information content (AvgIpc) is 2.44. The highest BCUT2D eigenvalue weighted by atomic mass is 35.5. The predicted octanol–water partition coefficient (Wildman–Crippen LogP) is 4.02. The second-order valence-corrected chi connectivity index (χ2v) is 5.06. The van der Waals surface area contributed by atoms with Gasteiger partial charge in [-0.25, -0.2) is 8.78 Å². The number of hydrogen-bond acceptors (Lipinski definition) is 2. The molecule has 0 aromatic heterocycles. The van der Waals surface area contributed by atoms with E-state index in [0.717, 1.165) is 6.07 Å². The summed E-state index contributed by atoms with van der Waals surface area (Å²) in [5, 5.41) is 0.720. The molecule has 0 radical (unpaired) electrons. The van der Waals surface area contributed by atoms with Gasteiger partial charge in [0.15, 0.2) is 11.6 Å². The van der Waals surface area contributed by atoms with Crippen molar-refractivity contribution in [1.82, 2.24) is 5.43 Å². The third kappa shape index (κ3) is 3.10. The first-order valence-electron chi connectivity index (χ1n) is 5.87. The molecule has 0 spiro atoms. The van der Waals surface area contributed by atoms with Crippen LogP contribution in [0.5, 0.6) is 0 Å². The van der Waals surface area contributed by atoms with Crippen molar-refractivity contribution in [3.8, 4) is 0 Å². The second kappa shape index (κ2) is 6.50. The van der Waals surface area contributed by atoms with Gasteiger partial charge in [0.2, 0.25) is 0 Å². The molecule has 2 nitrogen and oxygen atoms in total. The van der Waals surface area contributed by atoms with Crippen molar-refractivity contribution < 1.29 is 8.78 Å². The van der Waals surface area contributed by atoms with Gasteiger partial charge in [-0.05, 0) is 29.7 Å². The minimum absolute atomic E-state index is 0.153. The van der Waals surface area contributed by atoms with E-state index in [2.05, 4.69) is 5.43 Å². The topological polar surface area (TPSA) is 38.0 Å². The lowest BCUT2D eigenvalue weighted by Crippen LogP contribution is -2.30. The van der Waals surface area contributed by atoms with E-state index in [4.69, 9.17) is 29.0 Å². The molecule has 1 atom stereocenters. The van der Waals surface area contributed by atoms with E-state index in [1.54, 1.807) is 18.2 Å². The Morgan fingerprint density at radius 2 is 1.80 bits per heavy atom. The lowest BCUT2D eigenvalue weighted by molar-refractivity contribution is 0.481. The minimum atomic E-state index is -0.893. The maximum atomic E-state index is 13.7. The molecule has 0 aliphatic heterocycles. The molecule has 0 amide bonds. The molecule has 0 fully saturated rings. The van der Waals surface area contributed by atoms with Crippen LogP contribution < -0.4 is 11.3 Å². The highest BCUT2D eigenvalue weighted by Gasteiger charge is 2.18. The van der Waals surface area contributed by atoms with Gasteiger partial charge in [0.1, 0.15) is 0 Å². The van der Waals surface area contributed by atoms with Crippen LogP contribution in [0.4, 0.5) is 8.78 Å². The van der Waals surface area contributed by atoms with Crippen molar-refractivity contribution in [2.45, 2.75) is 12.5 Å². The number of benzene rings is 2. The van der Waals surface area contributed by atoms with Gasteiger partial charge in [-0.1, -0.05) is 47.5 Å². The Labute approximate surface area is 125 Å². The van der Waals surface area contributed by atoms with Crippen molar-refractivity contribution in [1.29, 1.82) is 0 Å². The van der Waals surface area contributed by atoms with Crippen molar-refractivity contribution in [2.75, 3.05) is 0 Å². The van der Waals surface area contributed by atoms with E-state index in [0.29, 0.717) is 15.6 Å². The highest BCUT2D eigenvalue weighted by molar-refractivity contribution is 6.42. The van der Waals surface area contributed by atoms with E-state index in [1.165, 1.54) is 12.1 Å². The van der Waals surface area contributed by atoms with Gasteiger partial charge < -0.3 is 0 Å². The molecule has 0 aliphatic rings. The molecular formula is C14H12Cl2F2N2. The Morgan fingerprint density at radius 1 is 1.10 bits per heavy atom. The van der Waals surface area contributed by atoms with Crippen LogP contribution in [0.1, 0.15) is 17.2 Å². The lowest BCUT2D eigenvalue weighted by atomic mass is 9.99. The van der Waals surface area contributed by atoms with Crippen molar-refractivity contribution in [3.05, 3.63) is 69.2 Å². The summed E-state index contributed by atoms with van der Waals surface area (Å²) in [5.74, 6) is 3.72. The van der Waals surface area contributed by atoms with E-state index >= 15 is 0 Å². The number of halogens is 4. The number of rotatable bonds is 4. The van der Waals surface area contributed by atoms with Gasteiger partial charge in [-0.15, -0.1) is 0 Å². The number of nitrogens with one attached hydrogen (secondary N) is 1. The normalized spacial score (nSPS) is 12.4. The monoisotopic (exact) mass is 316 g/mol. The van der Waals surface area contributed by atoms with Crippen molar-refractivity contribution in [2.24, 2.45) is 5.84 Å². The molecule has 0 heterocycles. The molecule has 0 saturated carbocycles. The van der Waals surface area contributed by atoms with Crippen LogP contribution >= 0.6 is 23.2 Å². The molecule has 2 aromatic carbocycles. The van der Waals surface area contributed by atoms with Gasteiger partial charge in [0.05, 0.1) is 16.1 Å². The molecule has 20 heavy (non-hydrogen) atoms. The SMILES string of the molecule is NNC(Cc1cccc(F)c1F)c1cccc(Cl)c1Cl. The van der Waals surface area contributed by atoms with Gasteiger partial charge in [-0.3, -0.25) is 11.3 Å². The fourth-order valence-corrected chi connectivity index (χ4v) is 2.41. The summed E-state index contributed by atoms with van der Waals surface area (Å²) >= 11 is 12.0. The number of nitrogens with two attached hydrogens (primary N) is 1. The van der Waals surface area contributed by atoms with Crippen LogP contribution in [0.15, 0.2) is 36.4 Å². The standard InChI is InChI=1S/C14H12Cl2F2N2/c15-10-5-2-4-9(13(10)16)12(20-19)7-8-3-1-6-11(17)14(8)18/h1-6,12,20H,7,19H2. The van der Waals surface area contributed by atoms with Gasteiger partial charge in [0.25, 0.3) is 0 Å². The predicted molar refractivity (Wildman–Crippen MR) is 76.6 cm³/mol. The smallest absolute Gasteiger partial charge is 0.162 e. The third-order valence-electron chi connectivity index (χ3n) is 3.01. The Kier molecular flexibility index (Phi) is 4.94. The number of hydrazine groups is 1. The third-order valence-corrected chi connectivity index (χ3v) is 3.85. The summed E-state index contributed by atoms with van der Waals surface area (Å²) in [7, 11) is 0. The maximum Gasteiger partial charge on any atom is 0.162 e. The van der Waals surface area contributed by atoms with Gasteiger partial charge in [-0.2, -0.15) is 0 Å². The average molecular weight is 317 g/mol. The van der Waals surface area contributed by atoms with E-state index in [9.17, 15) is 8.78 Å². The zero-order chi connectivity index (χ0) is 14.7.